The van der Waals surface area contributed by atoms with Crippen molar-refractivity contribution in [3.63, 3.8) is 0 Å². The summed E-state index contributed by atoms with van der Waals surface area (Å²) in [6.07, 6.45) is 14.3. The molecule has 170 valence electrons. The van der Waals surface area contributed by atoms with Gasteiger partial charge in [-0.15, -0.1) is 0 Å². The second-order valence-corrected chi connectivity index (χ2v) is 8.45. The zero-order valence-electron chi connectivity index (χ0n) is 18.1. The van der Waals surface area contributed by atoms with E-state index < -0.39 is 11.1 Å². The van der Waals surface area contributed by atoms with E-state index in [1.54, 1.807) is 0 Å². The van der Waals surface area contributed by atoms with Gasteiger partial charge < -0.3 is 31.9 Å². The lowest BCUT2D eigenvalue weighted by Crippen LogP contribution is -2.65. The smallest absolute Gasteiger partial charge is 0.0431 e. The van der Waals surface area contributed by atoms with Gasteiger partial charge in [-0.05, 0) is 51.4 Å². The molecule has 0 aliphatic heterocycles. The second-order valence-electron chi connectivity index (χ2n) is 8.45. The zero-order chi connectivity index (χ0) is 21.1. The number of hydrogen-bond acceptors (Lipinski definition) is 6. The predicted octanol–water partition coefficient (Wildman–Crippen LogP) is 2.59. The SMILES string of the molecule is NC(CCCCCO)(CCCCCO)C(N)(CCCCCO)CCCCCO. The first-order valence-corrected chi connectivity index (χ1v) is 11.5. The minimum atomic E-state index is -0.462. The van der Waals surface area contributed by atoms with Gasteiger partial charge >= 0.3 is 0 Å². The van der Waals surface area contributed by atoms with E-state index in [4.69, 9.17) is 31.9 Å². The molecule has 0 heterocycles. The van der Waals surface area contributed by atoms with Crippen LogP contribution in [0.1, 0.15) is 103 Å². The van der Waals surface area contributed by atoms with Crippen molar-refractivity contribution >= 4 is 0 Å². The van der Waals surface area contributed by atoms with Crippen LogP contribution in [0.25, 0.3) is 0 Å². The molecule has 0 atom stereocenters. The van der Waals surface area contributed by atoms with E-state index >= 15 is 0 Å². The highest BCUT2D eigenvalue weighted by Crippen LogP contribution is 2.37. The van der Waals surface area contributed by atoms with E-state index in [-0.39, 0.29) is 26.4 Å². The highest BCUT2D eigenvalue weighted by Gasteiger charge is 2.43. The average Bonchev–Trinajstić information content (AvgIpc) is 2.69. The molecule has 0 amide bonds. The third-order valence-corrected chi connectivity index (χ3v) is 6.12. The first-order chi connectivity index (χ1) is 13.5. The lowest BCUT2D eigenvalue weighted by atomic mass is 9.67. The van der Waals surface area contributed by atoms with Crippen LogP contribution in [-0.2, 0) is 0 Å². The van der Waals surface area contributed by atoms with Crippen LogP contribution in [-0.4, -0.2) is 57.9 Å². The summed E-state index contributed by atoms with van der Waals surface area (Å²) < 4.78 is 0. The minimum Gasteiger partial charge on any atom is -0.396 e. The summed E-state index contributed by atoms with van der Waals surface area (Å²) in [5, 5.41) is 36.3. The summed E-state index contributed by atoms with van der Waals surface area (Å²) in [5.74, 6) is 0. The maximum Gasteiger partial charge on any atom is 0.0431 e. The number of hydrogen-bond donors (Lipinski definition) is 6. The first kappa shape index (κ1) is 27.8. The van der Waals surface area contributed by atoms with Crippen molar-refractivity contribution in [3.8, 4) is 0 Å². The maximum atomic E-state index is 9.07. The van der Waals surface area contributed by atoms with Crippen molar-refractivity contribution in [1.82, 2.24) is 0 Å². The predicted molar refractivity (Wildman–Crippen MR) is 116 cm³/mol. The fourth-order valence-corrected chi connectivity index (χ4v) is 4.16. The van der Waals surface area contributed by atoms with Gasteiger partial charge in [0.15, 0.2) is 0 Å². The van der Waals surface area contributed by atoms with E-state index in [1.807, 2.05) is 0 Å². The maximum absolute atomic E-state index is 9.07. The van der Waals surface area contributed by atoms with E-state index in [0.717, 1.165) is 103 Å². The molecule has 8 N–H and O–H groups in total. The van der Waals surface area contributed by atoms with Crippen LogP contribution in [0.2, 0.25) is 0 Å². The summed E-state index contributed by atoms with van der Waals surface area (Å²) in [7, 11) is 0. The Labute approximate surface area is 172 Å². The number of rotatable bonds is 21. The lowest BCUT2D eigenvalue weighted by molar-refractivity contribution is 0.145. The molecule has 0 rings (SSSR count). The van der Waals surface area contributed by atoms with Crippen LogP contribution < -0.4 is 11.5 Å². The van der Waals surface area contributed by atoms with Crippen LogP contribution in [0.5, 0.6) is 0 Å². The monoisotopic (exact) mass is 404 g/mol. The van der Waals surface area contributed by atoms with Gasteiger partial charge in [0.25, 0.3) is 0 Å². The quantitative estimate of drug-likeness (QED) is 0.163. The molecule has 0 saturated heterocycles. The van der Waals surface area contributed by atoms with Crippen LogP contribution in [0, 0.1) is 0 Å². The molecule has 0 aromatic carbocycles. The molecule has 0 aliphatic rings. The fraction of sp³-hybridized carbons (Fsp3) is 1.00. The van der Waals surface area contributed by atoms with Crippen molar-refractivity contribution in [2.45, 2.75) is 114 Å². The molecule has 0 radical (unpaired) electrons. The summed E-state index contributed by atoms with van der Waals surface area (Å²) in [4.78, 5) is 0. The molecule has 6 heteroatoms. The van der Waals surface area contributed by atoms with Gasteiger partial charge in [0.05, 0.1) is 0 Å². The van der Waals surface area contributed by atoms with Crippen LogP contribution in [0.3, 0.4) is 0 Å². The Morgan fingerprint density at radius 3 is 0.750 bits per heavy atom. The number of aliphatic hydroxyl groups is 4. The molecular formula is C22H48N2O4. The molecule has 0 aliphatic carbocycles. The van der Waals surface area contributed by atoms with Gasteiger partial charge in [-0.2, -0.15) is 0 Å². The standard InChI is InChI=1S/C22H48N2O4/c23-21(13-5-1-9-17-25,14-6-2-10-18-26)22(24,15-7-3-11-19-27)16-8-4-12-20-28/h25-28H,1-20,23-24H2. The number of aliphatic hydroxyl groups excluding tert-OH is 4. The fourth-order valence-electron chi connectivity index (χ4n) is 4.16. The summed E-state index contributed by atoms with van der Waals surface area (Å²) in [6, 6.07) is 0. The number of nitrogens with two attached hydrogens (primary N) is 2. The van der Waals surface area contributed by atoms with Gasteiger partial charge in [0, 0.05) is 37.5 Å². The van der Waals surface area contributed by atoms with Crippen molar-refractivity contribution in [1.29, 1.82) is 0 Å². The first-order valence-electron chi connectivity index (χ1n) is 11.5. The third kappa shape index (κ3) is 11.7. The van der Waals surface area contributed by atoms with Crippen LogP contribution in [0.4, 0.5) is 0 Å². The Kier molecular flexibility index (Phi) is 17.5. The normalized spacial score (nSPS) is 12.6. The zero-order valence-corrected chi connectivity index (χ0v) is 18.1. The molecule has 0 unspecified atom stereocenters. The Balaban J connectivity index is 5.11. The third-order valence-electron chi connectivity index (χ3n) is 6.12. The Morgan fingerprint density at radius 2 is 0.571 bits per heavy atom. The Morgan fingerprint density at radius 1 is 0.357 bits per heavy atom. The molecule has 0 saturated carbocycles. The average molecular weight is 405 g/mol. The van der Waals surface area contributed by atoms with E-state index in [1.165, 1.54) is 0 Å². The molecule has 0 aromatic heterocycles. The van der Waals surface area contributed by atoms with Crippen LogP contribution >= 0.6 is 0 Å². The molecule has 0 fully saturated rings. The second kappa shape index (κ2) is 17.6. The highest BCUT2D eigenvalue weighted by molar-refractivity contribution is 5.06. The number of unbranched alkanes of at least 4 members (excludes halogenated alkanes) is 8. The Bertz CT molecular complexity index is 286. The van der Waals surface area contributed by atoms with Crippen molar-refractivity contribution in [2.75, 3.05) is 26.4 Å². The molecular weight excluding hydrogens is 356 g/mol. The van der Waals surface area contributed by atoms with Crippen molar-refractivity contribution in [3.05, 3.63) is 0 Å². The van der Waals surface area contributed by atoms with Crippen molar-refractivity contribution in [2.24, 2.45) is 11.5 Å². The molecule has 28 heavy (non-hydrogen) atoms. The van der Waals surface area contributed by atoms with E-state index in [0.29, 0.717) is 0 Å². The topological polar surface area (TPSA) is 133 Å². The largest absolute Gasteiger partial charge is 0.396 e. The molecule has 0 bridgehead atoms. The van der Waals surface area contributed by atoms with E-state index in [9.17, 15) is 0 Å². The van der Waals surface area contributed by atoms with Gasteiger partial charge in [0.1, 0.15) is 0 Å². The minimum absolute atomic E-state index is 0.212. The Hall–Kier alpha value is -0.240. The highest BCUT2D eigenvalue weighted by atomic mass is 16.3. The summed E-state index contributed by atoms with van der Waals surface area (Å²) in [5.41, 5.74) is 13.1. The summed E-state index contributed by atoms with van der Waals surface area (Å²) >= 11 is 0. The summed E-state index contributed by atoms with van der Waals surface area (Å²) in [6.45, 7) is 0.850. The molecule has 0 spiro atoms. The molecule has 6 nitrogen and oxygen atoms in total. The van der Waals surface area contributed by atoms with Gasteiger partial charge in [-0.1, -0.05) is 51.4 Å². The van der Waals surface area contributed by atoms with Crippen molar-refractivity contribution < 1.29 is 20.4 Å². The van der Waals surface area contributed by atoms with Gasteiger partial charge in [0.2, 0.25) is 0 Å². The lowest BCUT2D eigenvalue weighted by Gasteiger charge is -2.47. The van der Waals surface area contributed by atoms with Crippen LogP contribution in [0.15, 0.2) is 0 Å². The van der Waals surface area contributed by atoms with Gasteiger partial charge in [-0.3, -0.25) is 0 Å². The van der Waals surface area contributed by atoms with E-state index in [2.05, 4.69) is 0 Å². The van der Waals surface area contributed by atoms with Gasteiger partial charge in [-0.25, -0.2) is 0 Å². The molecule has 0 aromatic rings.